The van der Waals surface area contributed by atoms with Crippen molar-refractivity contribution in [2.75, 3.05) is 53.4 Å². The SMILES string of the molecule is C#CCN1CCCN(CC(=O)N(C)C)CC1. The van der Waals surface area contributed by atoms with Crippen LogP contribution in [0.3, 0.4) is 0 Å². The Labute approximate surface area is 98.2 Å². The molecule has 0 aromatic rings. The van der Waals surface area contributed by atoms with Gasteiger partial charge >= 0.3 is 0 Å². The van der Waals surface area contributed by atoms with Crippen molar-refractivity contribution in [1.82, 2.24) is 14.7 Å². The number of amides is 1. The first kappa shape index (κ1) is 13.0. The number of nitrogens with zero attached hydrogens (tertiary/aromatic N) is 3. The van der Waals surface area contributed by atoms with E-state index in [1.807, 2.05) is 0 Å². The molecule has 1 heterocycles. The summed E-state index contributed by atoms with van der Waals surface area (Å²) in [5.74, 6) is 2.84. The van der Waals surface area contributed by atoms with Crippen LogP contribution in [0.2, 0.25) is 0 Å². The van der Waals surface area contributed by atoms with Gasteiger partial charge in [-0.1, -0.05) is 5.92 Å². The van der Waals surface area contributed by atoms with E-state index >= 15 is 0 Å². The molecule has 0 aromatic carbocycles. The first-order valence-electron chi connectivity index (χ1n) is 5.72. The van der Waals surface area contributed by atoms with Gasteiger partial charge in [-0.25, -0.2) is 0 Å². The van der Waals surface area contributed by atoms with E-state index in [-0.39, 0.29) is 5.91 Å². The average molecular weight is 223 g/mol. The molecule has 90 valence electrons. The molecule has 0 bridgehead atoms. The van der Waals surface area contributed by atoms with E-state index in [4.69, 9.17) is 6.42 Å². The van der Waals surface area contributed by atoms with Crippen LogP contribution in [0.15, 0.2) is 0 Å². The molecule has 16 heavy (non-hydrogen) atoms. The molecular weight excluding hydrogens is 202 g/mol. The number of carbonyl (C=O) groups is 1. The summed E-state index contributed by atoms with van der Waals surface area (Å²) in [6, 6.07) is 0. The van der Waals surface area contributed by atoms with Gasteiger partial charge in [-0.15, -0.1) is 6.42 Å². The highest BCUT2D eigenvalue weighted by Crippen LogP contribution is 2.02. The Morgan fingerprint density at radius 1 is 1.25 bits per heavy atom. The molecular formula is C12H21N3O. The van der Waals surface area contributed by atoms with Crippen LogP contribution >= 0.6 is 0 Å². The fraction of sp³-hybridized carbons (Fsp3) is 0.750. The fourth-order valence-electron chi connectivity index (χ4n) is 1.80. The van der Waals surface area contributed by atoms with E-state index in [1.54, 1.807) is 19.0 Å². The molecule has 1 rings (SSSR count). The largest absolute Gasteiger partial charge is 0.348 e. The second-order valence-electron chi connectivity index (χ2n) is 4.40. The summed E-state index contributed by atoms with van der Waals surface area (Å²) in [6.07, 6.45) is 6.39. The van der Waals surface area contributed by atoms with Gasteiger partial charge < -0.3 is 4.90 Å². The summed E-state index contributed by atoms with van der Waals surface area (Å²) >= 11 is 0. The number of hydrogen-bond donors (Lipinski definition) is 0. The summed E-state index contributed by atoms with van der Waals surface area (Å²) in [4.78, 5) is 17.7. The minimum absolute atomic E-state index is 0.172. The summed E-state index contributed by atoms with van der Waals surface area (Å²) in [5.41, 5.74) is 0. The molecule has 0 N–H and O–H groups in total. The highest BCUT2D eigenvalue weighted by atomic mass is 16.2. The monoisotopic (exact) mass is 223 g/mol. The summed E-state index contributed by atoms with van der Waals surface area (Å²) in [7, 11) is 3.59. The Morgan fingerprint density at radius 3 is 2.50 bits per heavy atom. The molecule has 1 amide bonds. The van der Waals surface area contributed by atoms with Crippen molar-refractivity contribution in [2.45, 2.75) is 6.42 Å². The van der Waals surface area contributed by atoms with E-state index in [2.05, 4.69) is 15.7 Å². The van der Waals surface area contributed by atoms with Gasteiger partial charge in [0.15, 0.2) is 0 Å². The van der Waals surface area contributed by atoms with Crippen LogP contribution in [-0.2, 0) is 4.79 Å². The lowest BCUT2D eigenvalue weighted by Gasteiger charge is -2.21. The van der Waals surface area contributed by atoms with Gasteiger partial charge in [0.2, 0.25) is 5.91 Å². The third-order valence-corrected chi connectivity index (χ3v) is 2.85. The zero-order valence-electron chi connectivity index (χ0n) is 10.3. The molecule has 1 aliphatic heterocycles. The van der Waals surface area contributed by atoms with Crippen LogP contribution in [0.1, 0.15) is 6.42 Å². The van der Waals surface area contributed by atoms with Gasteiger partial charge in [-0.2, -0.15) is 0 Å². The molecule has 0 spiro atoms. The normalized spacial score (nSPS) is 18.8. The first-order chi connectivity index (χ1) is 7.63. The molecule has 0 atom stereocenters. The molecule has 0 aromatic heterocycles. The van der Waals surface area contributed by atoms with E-state index in [1.165, 1.54) is 0 Å². The second-order valence-corrected chi connectivity index (χ2v) is 4.40. The molecule has 1 aliphatic rings. The lowest BCUT2D eigenvalue weighted by molar-refractivity contribution is -0.129. The Hall–Kier alpha value is -1.05. The predicted octanol–water partition coefficient (Wildman–Crippen LogP) is -0.284. The maximum atomic E-state index is 11.6. The molecule has 0 unspecified atom stereocenters. The molecule has 4 nitrogen and oxygen atoms in total. The number of carbonyl (C=O) groups excluding carboxylic acids is 1. The van der Waals surface area contributed by atoms with Crippen molar-refractivity contribution in [1.29, 1.82) is 0 Å². The highest BCUT2D eigenvalue weighted by molar-refractivity contribution is 5.77. The van der Waals surface area contributed by atoms with Crippen molar-refractivity contribution in [3.63, 3.8) is 0 Å². The smallest absolute Gasteiger partial charge is 0.236 e. The Balaban J connectivity index is 2.36. The zero-order valence-corrected chi connectivity index (χ0v) is 10.3. The van der Waals surface area contributed by atoms with E-state index in [0.717, 1.165) is 39.1 Å². The molecule has 1 fully saturated rings. The predicted molar refractivity (Wildman–Crippen MR) is 65.0 cm³/mol. The van der Waals surface area contributed by atoms with Crippen molar-refractivity contribution >= 4 is 5.91 Å². The first-order valence-corrected chi connectivity index (χ1v) is 5.72. The van der Waals surface area contributed by atoms with Gasteiger partial charge in [0, 0.05) is 33.7 Å². The zero-order chi connectivity index (χ0) is 12.0. The Kier molecular flexibility index (Phi) is 5.30. The van der Waals surface area contributed by atoms with Crippen LogP contribution in [0, 0.1) is 12.3 Å². The number of terminal acetylenes is 1. The van der Waals surface area contributed by atoms with Crippen LogP contribution in [0.5, 0.6) is 0 Å². The third-order valence-electron chi connectivity index (χ3n) is 2.85. The van der Waals surface area contributed by atoms with Crippen LogP contribution < -0.4 is 0 Å². The summed E-state index contributed by atoms with van der Waals surface area (Å²) < 4.78 is 0. The number of hydrogen-bond acceptors (Lipinski definition) is 3. The molecule has 4 heteroatoms. The second kappa shape index (κ2) is 6.51. The van der Waals surface area contributed by atoms with Crippen molar-refractivity contribution in [2.24, 2.45) is 0 Å². The highest BCUT2D eigenvalue weighted by Gasteiger charge is 2.16. The van der Waals surface area contributed by atoms with Crippen molar-refractivity contribution < 1.29 is 4.79 Å². The minimum atomic E-state index is 0.172. The lowest BCUT2D eigenvalue weighted by Crippen LogP contribution is -2.38. The van der Waals surface area contributed by atoms with E-state index < -0.39 is 0 Å². The summed E-state index contributed by atoms with van der Waals surface area (Å²) in [6.45, 7) is 5.16. The van der Waals surface area contributed by atoms with E-state index in [9.17, 15) is 4.79 Å². The lowest BCUT2D eigenvalue weighted by atomic mass is 10.3. The average Bonchev–Trinajstić information content (AvgIpc) is 2.44. The van der Waals surface area contributed by atoms with E-state index in [0.29, 0.717) is 6.54 Å². The van der Waals surface area contributed by atoms with Gasteiger partial charge in [-0.05, 0) is 13.0 Å². The molecule has 0 radical (unpaired) electrons. The minimum Gasteiger partial charge on any atom is -0.348 e. The molecule has 1 saturated heterocycles. The van der Waals surface area contributed by atoms with Crippen molar-refractivity contribution in [3.8, 4) is 12.3 Å². The third kappa shape index (κ3) is 4.21. The van der Waals surface area contributed by atoms with Crippen LogP contribution in [0.25, 0.3) is 0 Å². The Bertz CT molecular complexity index is 270. The number of likely N-dealkylation sites (N-methyl/N-ethyl adjacent to an activating group) is 1. The Morgan fingerprint density at radius 2 is 1.88 bits per heavy atom. The van der Waals surface area contributed by atoms with Gasteiger partial charge in [-0.3, -0.25) is 14.6 Å². The van der Waals surface area contributed by atoms with Crippen molar-refractivity contribution in [3.05, 3.63) is 0 Å². The van der Waals surface area contributed by atoms with Gasteiger partial charge in [0.1, 0.15) is 0 Å². The fourth-order valence-corrected chi connectivity index (χ4v) is 1.80. The van der Waals surface area contributed by atoms with Gasteiger partial charge in [0.25, 0.3) is 0 Å². The van der Waals surface area contributed by atoms with Crippen LogP contribution in [0.4, 0.5) is 0 Å². The summed E-state index contributed by atoms with van der Waals surface area (Å²) in [5, 5.41) is 0. The topological polar surface area (TPSA) is 26.8 Å². The quantitative estimate of drug-likeness (QED) is 0.616. The van der Waals surface area contributed by atoms with Crippen LogP contribution in [-0.4, -0.2) is 74.0 Å². The molecule has 0 saturated carbocycles. The molecule has 0 aliphatic carbocycles. The maximum absolute atomic E-state index is 11.6. The number of rotatable bonds is 3. The standard InChI is InChI=1S/C12H21N3O/c1-4-6-14-7-5-8-15(10-9-14)11-12(16)13(2)3/h1H,5-11H2,2-3H3. The van der Waals surface area contributed by atoms with Gasteiger partial charge in [0.05, 0.1) is 13.1 Å². The maximum Gasteiger partial charge on any atom is 0.236 e.